The van der Waals surface area contributed by atoms with Crippen molar-refractivity contribution in [2.45, 2.75) is 93.7 Å². The summed E-state index contributed by atoms with van der Waals surface area (Å²) in [6.07, 6.45) is 0.472. The van der Waals surface area contributed by atoms with Gasteiger partial charge in [0.25, 0.3) is 0 Å². The monoisotopic (exact) mass is 948 g/mol. The van der Waals surface area contributed by atoms with Gasteiger partial charge in [-0.1, -0.05) is 132 Å². The van der Waals surface area contributed by atoms with Crippen LogP contribution in [0.2, 0.25) is 19.6 Å². The molecule has 0 spiro atoms. The van der Waals surface area contributed by atoms with Crippen molar-refractivity contribution in [3.8, 4) is 28.3 Å². The zero-order valence-electron chi connectivity index (χ0n) is 37.4. The number of aryl methyl sites for hydroxylation is 3. The van der Waals surface area contributed by atoms with E-state index < -0.39 is 19.9 Å². The van der Waals surface area contributed by atoms with Crippen molar-refractivity contribution in [2.75, 3.05) is 0 Å². The first kappa shape index (κ1) is 39.2. The summed E-state index contributed by atoms with van der Waals surface area (Å²) < 4.78 is 26.4. The Labute approximate surface area is 357 Å². The Hall–Kier alpha value is -4.61. The Bertz CT molecular complexity index is 2790. The molecule has 0 aliphatic carbocycles. The van der Waals surface area contributed by atoms with Gasteiger partial charge < -0.3 is 14.0 Å². The van der Waals surface area contributed by atoms with Gasteiger partial charge in [-0.25, -0.2) is 0 Å². The molecule has 1 radical (unpaired) electrons. The van der Waals surface area contributed by atoms with Crippen molar-refractivity contribution < 1.29 is 27.3 Å². The largest absolute Gasteiger partial charge is 0.501 e. The van der Waals surface area contributed by atoms with Crippen LogP contribution in [0, 0.1) is 38.3 Å². The Morgan fingerprint density at radius 3 is 2.14 bits per heavy atom. The van der Waals surface area contributed by atoms with Crippen LogP contribution in [-0.2, 0) is 31.9 Å². The number of hydrogen-bond donors (Lipinski definition) is 0. The van der Waals surface area contributed by atoms with Crippen LogP contribution in [0.15, 0.2) is 108 Å². The molecule has 0 unspecified atom stereocenters. The van der Waals surface area contributed by atoms with Crippen molar-refractivity contribution in [3.63, 3.8) is 0 Å². The van der Waals surface area contributed by atoms with Crippen molar-refractivity contribution in [2.24, 2.45) is 5.41 Å². The number of hydrogen-bond acceptors (Lipinski definition) is 3. The fraction of sp³-hybridized carbons (Fsp3) is 0.294. The molecule has 3 heterocycles. The van der Waals surface area contributed by atoms with Crippen molar-refractivity contribution >= 4 is 46.2 Å². The minimum Gasteiger partial charge on any atom is -0.501 e. The number of benzene rings is 5. The molecule has 0 bridgehead atoms. The van der Waals surface area contributed by atoms with Crippen LogP contribution in [-0.4, -0.2) is 22.6 Å². The van der Waals surface area contributed by atoms with E-state index in [4.69, 9.17) is 17.1 Å². The molecule has 8 rings (SSSR count). The first-order chi connectivity index (χ1) is 27.2. The third-order valence-corrected chi connectivity index (χ3v) is 12.2. The third kappa shape index (κ3) is 8.79. The number of imidazole rings is 1. The summed E-state index contributed by atoms with van der Waals surface area (Å²) >= 11 is 0. The molecule has 0 fully saturated rings. The summed E-state index contributed by atoms with van der Waals surface area (Å²) in [5.74, 6) is 0.848. The van der Waals surface area contributed by atoms with Crippen LogP contribution in [0.3, 0.4) is 0 Å². The molecule has 295 valence electrons. The minimum atomic E-state index is -1.74. The molecule has 0 amide bonds. The van der Waals surface area contributed by atoms with Gasteiger partial charge in [0, 0.05) is 40.1 Å². The molecule has 0 N–H and O–H groups in total. The smallest absolute Gasteiger partial charge is 0.120 e. The van der Waals surface area contributed by atoms with Gasteiger partial charge >= 0.3 is 0 Å². The van der Waals surface area contributed by atoms with Gasteiger partial charge in [-0.15, -0.1) is 53.6 Å². The van der Waals surface area contributed by atoms with Gasteiger partial charge in [0.05, 0.1) is 30.5 Å². The first-order valence-electron chi connectivity index (χ1n) is 20.6. The number of pyridine rings is 1. The predicted octanol–water partition coefficient (Wildman–Crippen LogP) is 13.3. The van der Waals surface area contributed by atoms with Gasteiger partial charge in [-0.2, -0.15) is 0 Å². The van der Waals surface area contributed by atoms with Gasteiger partial charge in [-0.05, 0) is 78.2 Å². The zero-order valence-corrected chi connectivity index (χ0v) is 38.8. The van der Waals surface area contributed by atoms with Gasteiger partial charge in [0.1, 0.15) is 5.58 Å². The van der Waals surface area contributed by atoms with Crippen LogP contribution < -0.4 is 5.19 Å². The normalized spacial score (nSPS) is 12.9. The number of fused-ring (bicyclic) bond motifs is 4. The SMILES string of the molecule is Cc1cc(C)c(-n2c(-c3[c-]ccc4c3oc3ccccc34)nc3ccccc32)c(C)c1.[2H]C([2H])(c1cc(-c2[c-]ccc(C(C)(C)C)c2)ncc1[Si](C)(C)C)C(C)(C)C.[Ir]. The Balaban J connectivity index is 0.000000198. The van der Waals surface area contributed by atoms with Crippen LogP contribution in [0.5, 0.6) is 0 Å². The summed E-state index contributed by atoms with van der Waals surface area (Å²) in [7, 11) is -1.74. The molecule has 0 aliphatic heterocycles. The molecule has 3 aromatic heterocycles. The molecule has 8 aromatic rings. The van der Waals surface area contributed by atoms with Crippen molar-refractivity contribution in [3.05, 3.63) is 143 Å². The summed E-state index contributed by atoms with van der Waals surface area (Å²) in [5.41, 5.74) is 12.8. The molecule has 0 atom stereocenters. The Morgan fingerprint density at radius 1 is 0.789 bits per heavy atom. The zero-order chi connectivity index (χ0) is 41.9. The molecule has 6 heteroatoms. The maximum Gasteiger partial charge on any atom is 0.120 e. The second kappa shape index (κ2) is 16.0. The number of para-hydroxylation sites is 3. The van der Waals surface area contributed by atoms with Crippen molar-refractivity contribution in [1.29, 1.82) is 0 Å². The van der Waals surface area contributed by atoms with E-state index in [1.807, 2.05) is 69.4 Å². The molecule has 4 nitrogen and oxygen atoms in total. The van der Waals surface area contributed by atoms with Gasteiger partial charge in [-0.3, -0.25) is 4.98 Å². The van der Waals surface area contributed by atoms with E-state index in [1.54, 1.807) is 0 Å². The van der Waals surface area contributed by atoms with E-state index >= 15 is 0 Å². The summed E-state index contributed by atoms with van der Waals surface area (Å²) in [6, 6.07) is 39.8. The maximum atomic E-state index is 8.89. The maximum absolute atomic E-state index is 8.89. The van der Waals surface area contributed by atoms with Crippen LogP contribution >= 0.6 is 0 Å². The average molecular weight is 948 g/mol. The van der Waals surface area contributed by atoms with E-state index in [0.717, 1.165) is 72.1 Å². The van der Waals surface area contributed by atoms with Gasteiger partial charge in [0.15, 0.2) is 0 Å². The number of furan rings is 1. The Morgan fingerprint density at radius 2 is 1.46 bits per heavy atom. The molecule has 0 aliphatic rings. The Kier molecular flexibility index (Phi) is 11.0. The molecular formula is C51H55IrN3OSi-2. The number of aromatic nitrogens is 3. The molecule has 0 saturated carbocycles. The third-order valence-electron chi connectivity index (χ3n) is 10.1. The minimum absolute atomic E-state index is 0. The molecule has 5 aromatic carbocycles. The van der Waals surface area contributed by atoms with E-state index in [9.17, 15) is 0 Å². The quantitative estimate of drug-likeness (QED) is 0.128. The van der Waals surface area contributed by atoms with Crippen LogP contribution in [0.1, 0.15) is 72.1 Å². The second-order valence-corrected chi connectivity index (χ2v) is 23.2. The van der Waals surface area contributed by atoms with E-state index in [1.165, 1.54) is 22.3 Å². The van der Waals surface area contributed by atoms with Crippen LogP contribution in [0.4, 0.5) is 0 Å². The van der Waals surface area contributed by atoms with E-state index in [0.29, 0.717) is 0 Å². The predicted molar refractivity (Wildman–Crippen MR) is 240 cm³/mol. The summed E-state index contributed by atoms with van der Waals surface area (Å²) in [4.78, 5) is 9.79. The average Bonchev–Trinajstić information content (AvgIpc) is 3.72. The fourth-order valence-corrected chi connectivity index (χ4v) is 8.98. The molecular weight excluding hydrogens is 891 g/mol. The summed E-state index contributed by atoms with van der Waals surface area (Å²) in [5, 5.41) is 3.29. The standard InChI is InChI=1S/C28H21N2O.C23H34NSi.Ir/c1-17-15-18(2)26(19(3)16-17)30-24-13-6-5-12-23(24)29-28(30)22-11-8-10-21-20-9-4-7-14-25(20)31-27(21)22;1-22(2,3)15-18-14-20(24-16-21(18)25(7,8)9)17-11-10-12-19(13-17)23(4,5)6;/h4-10,12-16H,1-3H3;10,12-14,16H,15H2,1-9H3;/q2*-1;/i;15D2;. The summed E-state index contributed by atoms with van der Waals surface area (Å²) in [6.45, 7) is 25.7. The first-order valence-corrected chi connectivity index (χ1v) is 23.1. The molecule has 0 saturated heterocycles. The number of rotatable bonds is 5. The molecule has 57 heavy (non-hydrogen) atoms. The number of nitrogens with zero attached hydrogens (tertiary/aromatic N) is 3. The van der Waals surface area contributed by atoms with Gasteiger partial charge in [0.2, 0.25) is 0 Å². The topological polar surface area (TPSA) is 43.9 Å². The second-order valence-electron chi connectivity index (χ2n) is 18.2. The van der Waals surface area contributed by atoms with Crippen LogP contribution in [0.25, 0.3) is 61.3 Å². The van der Waals surface area contributed by atoms with Crippen molar-refractivity contribution in [1.82, 2.24) is 14.5 Å². The van der Waals surface area contributed by atoms with E-state index in [-0.39, 0.29) is 25.5 Å². The van der Waals surface area contributed by atoms with E-state index in [2.05, 4.69) is 132 Å². The fourth-order valence-electron chi connectivity index (χ4n) is 7.59.